The van der Waals surface area contributed by atoms with E-state index in [0.29, 0.717) is 6.54 Å². The Morgan fingerprint density at radius 1 is 1.38 bits per heavy atom. The van der Waals surface area contributed by atoms with E-state index in [0.717, 1.165) is 16.9 Å². The van der Waals surface area contributed by atoms with E-state index < -0.39 is 5.97 Å². The summed E-state index contributed by atoms with van der Waals surface area (Å²) in [4.78, 5) is 13.1. The third kappa shape index (κ3) is 3.42. The lowest BCUT2D eigenvalue weighted by atomic mass is 10.1. The maximum absolute atomic E-state index is 11.0. The topological polar surface area (TPSA) is 58.4 Å². The number of hydrogen-bond acceptors (Lipinski definition) is 3. The van der Waals surface area contributed by atoms with Crippen molar-refractivity contribution in [2.45, 2.75) is 26.3 Å². The predicted octanol–water partition coefficient (Wildman–Crippen LogP) is 2.77. The smallest absolute Gasteiger partial charge is 0.305 e. The molecule has 1 aromatic carbocycles. The molecule has 0 amide bonds. The Morgan fingerprint density at radius 2 is 2.10 bits per heavy atom. The number of anilines is 1. The Hall–Kier alpha value is -2.30. The number of carboxylic acid groups (broad SMARTS) is 1. The maximum Gasteiger partial charge on any atom is 0.305 e. The molecular weight excluding hydrogens is 266 g/mol. The summed E-state index contributed by atoms with van der Waals surface area (Å²) in [6.45, 7) is 4.58. The van der Waals surface area contributed by atoms with Gasteiger partial charge in [0.2, 0.25) is 0 Å². The molecule has 2 rings (SSSR count). The zero-order chi connectivity index (χ0) is 15.4. The normalized spacial score (nSPS) is 12.1. The summed E-state index contributed by atoms with van der Waals surface area (Å²) in [6.07, 6.45) is 1.87. The van der Waals surface area contributed by atoms with E-state index in [1.807, 2.05) is 49.0 Å². The first-order chi connectivity index (χ1) is 10.0. The number of aryl methyl sites for hydroxylation is 2. The molecule has 0 saturated carbocycles. The Balaban J connectivity index is 2.34. The molecule has 1 atom stereocenters. The Kier molecular flexibility index (Phi) is 4.62. The standard InChI is InChI=1S/C16H21N3O2/c1-12-6-4-5-7-14(12)19(11-9-16(20)21)13(2)15-8-10-17-18(15)3/h4-8,10,13H,9,11H2,1-3H3,(H,20,21). The van der Waals surface area contributed by atoms with Crippen molar-refractivity contribution in [3.05, 3.63) is 47.8 Å². The van der Waals surface area contributed by atoms with Gasteiger partial charge in [0.1, 0.15) is 0 Å². The molecule has 1 aromatic heterocycles. The maximum atomic E-state index is 11.0. The molecule has 0 saturated heterocycles. The fourth-order valence-electron chi connectivity index (χ4n) is 2.58. The lowest BCUT2D eigenvalue weighted by molar-refractivity contribution is -0.136. The molecule has 0 aliphatic heterocycles. The highest BCUT2D eigenvalue weighted by molar-refractivity contribution is 5.68. The first-order valence-corrected chi connectivity index (χ1v) is 7.02. The highest BCUT2D eigenvalue weighted by atomic mass is 16.4. The van der Waals surface area contributed by atoms with E-state index in [4.69, 9.17) is 5.11 Å². The second kappa shape index (κ2) is 6.43. The molecule has 21 heavy (non-hydrogen) atoms. The molecule has 5 nitrogen and oxygen atoms in total. The van der Waals surface area contributed by atoms with Crippen LogP contribution < -0.4 is 4.90 Å². The van der Waals surface area contributed by atoms with Crippen molar-refractivity contribution >= 4 is 11.7 Å². The number of para-hydroxylation sites is 1. The molecule has 0 radical (unpaired) electrons. The summed E-state index contributed by atoms with van der Waals surface area (Å²) < 4.78 is 1.83. The average molecular weight is 287 g/mol. The minimum absolute atomic E-state index is 0.0537. The van der Waals surface area contributed by atoms with Gasteiger partial charge in [0.05, 0.1) is 18.2 Å². The highest BCUT2D eigenvalue weighted by Crippen LogP contribution is 2.29. The van der Waals surface area contributed by atoms with Crippen molar-refractivity contribution in [2.75, 3.05) is 11.4 Å². The molecule has 1 unspecified atom stereocenters. The van der Waals surface area contributed by atoms with Crippen molar-refractivity contribution < 1.29 is 9.90 Å². The van der Waals surface area contributed by atoms with Crippen molar-refractivity contribution in [3.63, 3.8) is 0 Å². The predicted molar refractivity (Wildman–Crippen MR) is 82.4 cm³/mol. The van der Waals surface area contributed by atoms with Crippen LogP contribution in [0.15, 0.2) is 36.5 Å². The van der Waals surface area contributed by atoms with Crippen LogP contribution in [0.2, 0.25) is 0 Å². The number of aliphatic carboxylic acids is 1. The van der Waals surface area contributed by atoms with Crippen LogP contribution in [-0.2, 0) is 11.8 Å². The second-order valence-corrected chi connectivity index (χ2v) is 5.18. The van der Waals surface area contributed by atoms with E-state index in [2.05, 4.69) is 16.9 Å². The minimum Gasteiger partial charge on any atom is -0.481 e. The summed E-state index contributed by atoms with van der Waals surface area (Å²) in [5.74, 6) is -0.786. The summed E-state index contributed by atoms with van der Waals surface area (Å²) in [5.41, 5.74) is 3.26. The van der Waals surface area contributed by atoms with Crippen LogP contribution in [-0.4, -0.2) is 27.4 Å². The average Bonchev–Trinajstić information content (AvgIpc) is 2.86. The van der Waals surface area contributed by atoms with Gasteiger partial charge in [0.15, 0.2) is 0 Å². The van der Waals surface area contributed by atoms with Crippen LogP contribution in [0.1, 0.15) is 30.6 Å². The minimum atomic E-state index is -0.786. The van der Waals surface area contributed by atoms with E-state index in [-0.39, 0.29) is 12.5 Å². The van der Waals surface area contributed by atoms with Gasteiger partial charge in [0, 0.05) is 25.5 Å². The van der Waals surface area contributed by atoms with Gasteiger partial charge in [-0.15, -0.1) is 0 Å². The Labute approximate surface area is 124 Å². The summed E-state index contributed by atoms with van der Waals surface area (Å²) in [7, 11) is 1.90. The van der Waals surface area contributed by atoms with Gasteiger partial charge in [-0.2, -0.15) is 5.10 Å². The SMILES string of the molecule is Cc1ccccc1N(CCC(=O)O)C(C)c1ccnn1C. The highest BCUT2D eigenvalue weighted by Gasteiger charge is 2.20. The van der Waals surface area contributed by atoms with E-state index >= 15 is 0 Å². The lowest BCUT2D eigenvalue weighted by Crippen LogP contribution is -2.31. The number of carbonyl (C=O) groups is 1. The Morgan fingerprint density at radius 3 is 2.67 bits per heavy atom. The van der Waals surface area contributed by atoms with Gasteiger partial charge in [-0.05, 0) is 31.5 Å². The molecule has 0 aliphatic rings. The third-order valence-corrected chi connectivity index (χ3v) is 3.75. The summed E-state index contributed by atoms with van der Waals surface area (Å²) in [6, 6.07) is 10.1. The van der Waals surface area contributed by atoms with Gasteiger partial charge in [-0.1, -0.05) is 18.2 Å². The monoisotopic (exact) mass is 287 g/mol. The van der Waals surface area contributed by atoms with Gasteiger partial charge < -0.3 is 10.0 Å². The zero-order valence-corrected chi connectivity index (χ0v) is 12.7. The molecule has 1 heterocycles. The van der Waals surface area contributed by atoms with Crippen LogP contribution in [0.25, 0.3) is 0 Å². The van der Waals surface area contributed by atoms with Crippen molar-refractivity contribution in [1.29, 1.82) is 0 Å². The van der Waals surface area contributed by atoms with Crippen LogP contribution in [0.4, 0.5) is 5.69 Å². The number of aromatic nitrogens is 2. The molecule has 1 N–H and O–H groups in total. The fourth-order valence-corrected chi connectivity index (χ4v) is 2.58. The van der Waals surface area contributed by atoms with Crippen LogP contribution in [0, 0.1) is 6.92 Å². The van der Waals surface area contributed by atoms with Gasteiger partial charge in [-0.3, -0.25) is 9.48 Å². The molecule has 0 fully saturated rings. The fraction of sp³-hybridized carbons (Fsp3) is 0.375. The summed E-state index contributed by atoms with van der Waals surface area (Å²) in [5, 5.41) is 13.2. The van der Waals surface area contributed by atoms with Crippen molar-refractivity contribution in [2.24, 2.45) is 7.05 Å². The zero-order valence-electron chi connectivity index (χ0n) is 12.7. The first kappa shape index (κ1) is 15.1. The van der Waals surface area contributed by atoms with E-state index in [1.54, 1.807) is 6.20 Å². The summed E-state index contributed by atoms with van der Waals surface area (Å²) >= 11 is 0. The van der Waals surface area contributed by atoms with Crippen molar-refractivity contribution in [1.82, 2.24) is 9.78 Å². The lowest BCUT2D eigenvalue weighted by Gasteiger charge is -2.32. The number of rotatable bonds is 6. The molecule has 0 spiro atoms. The van der Waals surface area contributed by atoms with Gasteiger partial charge in [0.25, 0.3) is 0 Å². The van der Waals surface area contributed by atoms with E-state index in [9.17, 15) is 4.79 Å². The van der Waals surface area contributed by atoms with Crippen LogP contribution >= 0.6 is 0 Å². The molecule has 0 bridgehead atoms. The molecular formula is C16H21N3O2. The van der Waals surface area contributed by atoms with Crippen molar-refractivity contribution in [3.8, 4) is 0 Å². The third-order valence-electron chi connectivity index (χ3n) is 3.75. The van der Waals surface area contributed by atoms with Gasteiger partial charge in [-0.25, -0.2) is 0 Å². The van der Waals surface area contributed by atoms with Crippen LogP contribution in [0.5, 0.6) is 0 Å². The second-order valence-electron chi connectivity index (χ2n) is 5.18. The quantitative estimate of drug-likeness (QED) is 0.887. The first-order valence-electron chi connectivity index (χ1n) is 7.02. The van der Waals surface area contributed by atoms with Gasteiger partial charge >= 0.3 is 5.97 Å². The molecule has 0 aliphatic carbocycles. The Bertz CT molecular complexity index is 621. The molecule has 112 valence electrons. The molecule has 2 aromatic rings. The van der Waals surface area contributed by atoms with E-state index in [1.165, 1.54) is 0 Å². The number of nitrogens with zero attached hydrogens (tertiary/aromatic N) is 3. The number of hydrogen-bond donors (Lipinski definition) is 1. The largest absolute Gasteiger partial charge is 0.481 e. The number of carboxylic acids is 1. The molecule has 5 heteroatoms. The van der Waals surface area contributed by atoms with Crippen LogP contribution in [0.3, 0.4) is 0 Å². The number of benzene rings is 1.